The summed E-state index contributed by atoms with van der Waals surface area (Å²) in [6.45, 7) is 21.0. The fraction of sp³-hybridized carbons (Fsp3) is 0.395. The highest BCUT2D eigenvalue weighted by molar-refractivity contribution is 6.03. The lowest BCUT2D eigenvalue weighted by molar-refractivity contribution is 0.0607. The third kappa shape index (κ3) is 9.36. The number of hydrogen-bond acceptors (Lipinski definition) is 6. The normalized spacial score (nSPS) is 15.1. The SMILES string of the molecule is Cc1cc(-c2ccc(N)cc2C(=O)N2CCN(CCCN3CCN(C(=O)c4cc(N)ccc4-c4cc(C)c(C)c(C)c4)CC3)CC2)cc(C)c1C.Cl.Cl. The Kier molecular flexibility index (Phi) is 14.0. The molecule has 0 atom stereocenters. The predicted molar refractivity (Wildman–Crippen MR) is 225 cm³/mol. The molecule has 2 saturated heterocycles. The highest BCUT2D eigenvalue weighted by Crippen LogP contribution is 2.32. The Bertz CT molecular complexity index is 1760. The average Bonchev–Trinajstić information content (AvgIpc) is 3.12. The fourth-order valence-electron chi connectivity index (χ4n) is 7.57. The van der Waals surface area contributed by atoms with Crippen LogP contribution in [0, 0.1) is 41.5 Å². The van der Waals surface area contributed by atoms with Crippen LogP contribution < -0.4 is 11.5 Å². The molecule has 0 bridgehead atoms. The molecule has 10 heteroatoms. The van der Waals surface area contributed by atoms with E-state index in [9.17, 15) is 9.59 Å². The second kappa shape index (κ2) is 17.8. The lowest BCUT2D eigenvalue weighted by Gasteiger charge is -2.37. The average molecular weight is 760 g/mol. The van der Waals surface area contributed by atoms with Gasteiger partial charge in [-0.05, 0) is 141 Å². The lowest BCUT2D eigenvalue weighted by atomic mass is 9.93. The lowest BCUT2D eigenvalue weighted by Crippen LogP contribution is -2.50. The molecular formula is C43H56Cl2N6O2. The smallest absolute Gasteiger partial charge is 0.254 e. The van der Waals surface area contributed by atoms with Gasteiger partial charge in [0.1, 0.15) is 0 Å². The summed E-state index contributed by atoms with van der Waals surface area (Å²) >= 11 is 0. The summed E-state index contributed by atoms with van der Waals surface area (Å²) in [6, 6.07) is 20.1. The van der Waals surface area contributed by atoms with Crippen LogP contribution in [0.25, 0.3) is 22.3 Å². The summed E-state index contributed by atoms with van der Waals surface area (Å²) in [4.78, 5) is 36.6. The van der Waals surface area contributed by atoms with Gasteiger partial charge in [0, 0.05) is 74.9 Å². The quantitative estimate of drug-likeness (QED) is 0.181. The van der Waals surface area contributed by atoms with E-state index in [1.54, 1.807) is 0 Å². The molecule has 2 heterocycles. The topological polar surface area (TPSA) is 99.1 Å². The zero-order chi connectivity index (χ0) is 36.4. The van der Waals surface area contributed by atoms with E-state index in [1.165, 1.54) is 33.4 Å². The monoisotopic (exact) mass is 758 g/mol. The van der Waals surface area contributed by atoms with Crippen molar-refractivity contribution >= 4 is 48.0 Å². The van der Waals surface area contributed by atoms with Gasteiger partial charge >= 0.3 is 0 Å². The van der Waals surface area contributed by atoms with Crippen LogP contribution in [0.5, 0.6) is 0 Å². The number of nitrogens with two attached hydrogens (primary N) is 2. The van der Waals surface area contributed by atoms with E-state index < -0.39 is 0 Å². The Morgan fingerprint density at radius 3 is 1.15 bits per heavy atom. The third-order valence-electron chi connectivity index (χ3n) is 11.3. The summed E-state index contributed by atoms with van der Waals surface area (Å²) in [5.74, 6) is 0.101. The predicted octanol–water partition coefficient (Wildman–Crippen LogP) is 7.49. The first-order chi connectivity index (χ1) is 24.4. The highest BCUT2D eigenvalue weighted by atomic mass is 35.5. The minimum Gasteiger partial charge on any atom is -0.399 e. The number of rotatable bonds is 8. The molecule has 0 aliphatic carbocycles. The molecule has 4 N–H and O–H groups in total. The number of anilines is 2. The van der Waals surface area contributed by atoms with Crippen molar-refractivity contribution in [3.05, 3.63) is 105 Å². The van der Waals surface area contributed by atoms with E-state index in [0.717, 1.165) is 67.9 Å². The van der Waals surface area contributed by atoms with Crippen molar-refractivity contribution in [2.24, 2.45) is 0 Å². The summed E-state index contributed by atoms with van der Waals surface area (Å²) in [5, 5.41) is 0. The van der Waals surface area contributed by atoms with Crippen molar-refractivity contribution < 1.29 is 9.59 Å². The third-order valence-corrected chi connectivity index (χ3v) is 11.3. The number of piperazine rings is 2. The number of carbonyl (C=O) groups is 2. The van der Waals surface area contributed by atoms with Gasteiger partial charge in [-0.3, -0.25) is 19.4 Å². The number of benzene rings is 4. The Morgan fingerprint density at radius 2 is 0.830 bits per heavy atom. The van der Waals surface area contributed by atoms with Gasteiger partial charge in [-0.1, -0.05) is 36.4 Å². The van der Waals surface area contributed by atoms with Gasteiger partial charge in [0.25, 0.3) is 11.8 Å². The Labute approximate surface area is 328 Å². The Hall–Kier alpha value is -4.08. The molecule has 8 nitrogen and oxygen atoms in total. The van der Waals surface area contributed by atoms with Gasteiger partial charge in [-0.15, -0.1) is 24.8 Å². The number of hydrogen-bond donors (Lipinski definition) is 2. The molecule has 53 heavy (non-hydrogen) atoms. The molecule has 284 valence electrons. The van der Waals surface area contributed by atoms with Gasteiger partial charge in [0.15, 0.2) is 0 Å². The minimum absolute atomic E-state index is 0. The summed E-state index contributed by atoms with van der Waals surface area (Å²) in [7, 11) is 0. The van der Waals surface area contributed by atoms with E-state index in [-0.39, 0.29) is 36.6 Å². The first-order valence-electron chi connectivity index (χ1n) is 18.4. The van der Waals surface area contributed by atoms with Gasteiger partial charge in [-0.2, -0.15) is 0 Å². The Balaban J connectivity index is 0.00000314. The molecule has 0 aromatic heterocycles. The first kappa shape index (κ1) is 41.7. The first-order valence-corrected chi connectivity index (χ1v) is 18.4. The summed E-state index contributed by atoms with van der Waals surface area (Å²) < 4.78 is 0. The fourth-order valence-corrected chi connectivity index (χ4v) is 7.57. The highest BCUT2D eigenvalue weighted by Gasteiger charge is 2.27. The number of amides is 2. The standard InChI is InChI=1S/C43H54N6O2.2ClH/c1-28-22-34(23-29(2)32(28)5)38-10-8-36(44)26-40(38)42(50)48-18-14-46(15-19-48)12-7-13-47-16-20-49(21-17-47)43(51)41-27-37(45)9-11-39(41)35-24-30(3)33(6)31(4)25-35;;/h8-11,22-27H,7,12-21,44-45H2,1-6H3;2*1H. The zero-order valence-corrected chi connectivity index (χ0v) is 33.8. The molecule has 0 radical (unpaired) electrons. The van der Waals surface area contributed by atoms with E-state index in [0.29, 0.717) is 48.7 Å². The minimum atomic E-state index is 0. The maximum Gasteiger partial charge on any atom is 0.254 e. The maximum atomic E-state index is 13.8. The summed E-state index contributed by atoms with van der Waals surface area (Å²) in [6.07, 6.45) is 1.05. The van der Waals surface area contributed by atoms with Gasteiger partial charge in [0.2, 0.25) is 0 Å². The molecule has 2 aliphatic rings. The number of aryl methyl sites for hydroxylation is 4. The number of carbonyl (C=O) groups excluding carboxylic acids is 2. The van der Waals surface area contributed by atoms with Crippen LogP contribution in [-0.4, -0.2) is 96.9 Å². The van der Waals surface area contributed by atoms with Crippen molar-refractivity contribution in [1.82, 2.24) is 19.6 Å². The van der Waals surface area contributed by atoms with Crippen molar-refractivity contribution in [2.75, 3.05) is 76.9 Å². The van der Waals surface area contributed by atoms with Crippen LogP contribution in [-0.2, 0) is 0 Å². The molecule has 2 fully saturated rings. The van der Waals surface area contributed by atoms with Crippen LogP contribution in [0.1, 0.15) is 60.5 Å². The second-order valence-electron chi connectivity index (χ2n) is 14.7. The molecule has 0 unspecified atom stereocenters. The van der Waals surface area contributed by atoms with Crippen LogP contribution in [0.3, 0.4) is 0 Å². The van der Waals surface area contributed by atoms with Crippen molar-refractivity contribution in [3.8, 4) is 22.3 Å². The van der Waals surface area contributed by atoms with Gasteiger partial charge in [0.05, 0.1) is 0 Å². The van der Waals surface area contributed by atoms with Crippen LogP contribution in [0.4, 0.5) is 11.4 Å². The second-order valence-corrected chi connectivity index (χ2v) is 14.7. The molecular weight excluding hydrogens is 703 g/mol. The van der Waals surface area contributed by atoms with Crippen LogP contribution >= 0.6 is 24.8 Å². The molecule has 0 saturated carbocycles. The van der Waals surface area contributed by atoms with E-state index in [2.05, 4.69) is 75.6 Å². The number of halogens is 2. The molecule has 2 amide bonds. The van der Waals surface area contributed by atoms with Gasteiger partial charge < -0.3 is 21.3 Å². The van der Waals surface area contributed by atoms with Crippen molar-refractivity contribution in [3.63, 3.8) is 0 Å². The zero-order valence-electron chi connectivity index (χ0n) is 32.1. The van der Waals surface area contributed by atoms with Crippen LogP contribution in [0.2, 0.25) is 0 Å². The van der Waals surface area contributed by atoms with Gasteiger partial charge in [-0.25, -0.2) is 0 Å². The van der Waals surface area contributed by atoms with Crippen LogP contribution in [0.15, 0.2) is 60.7 Å². The van der Waals surface area contributed by atoms with Crippen molar-refractivity contribution in [1.29, 1.82) is 0 Å². The number of nitrogens with zero attached hydrogens (tertiary/aromatic N) is 4. The summed E-state index contributed by atoms with van der Waals surface area (Å²) in [5.41, 5.74) is 26.4. The Morgan fingerprint density at radius 1 is 0.509 bits per heavy atom. The van der Waals surface area contributed by atoms with Crippen molar-refractivity contribution in [2.45, 2.75) is 48.0 Å². The number of nitrogen functional groups attached to an aromatic ring is 2. The van der Waals surface area contributed by atoms with E-state index in [4.69, 9.17) is 11.5 Å². The molecule has 2 aliphatic heterocycles. The molecule has 6 rings (SSSR count). The van der Waals surface area contributed by atoms with E-state index in [1.807, 2.05) is 46.2 Å². The largest absolute Gasteiger partial charge is 0.399 e. The molecule has 0 spiro atoms. The van der Waals surface area contributed by atoms with E-state index >= 15 is 0 Å². The molecule has 4 aromatic carbocycles. The maximum absolute atomic E-state index is 13.8. The molecule has 4 aromatic rings.